The molecule has 1 aliphatic carbocycles. The molecule has 1 fully saturated rings. The number of amides is 1. The molecule has 0 spiro atoms. The lowest BCUT2D eigenvalue weighted by Crippen LogP contribution is -2.44. The summed E-state index contributed by atoms with van der Waals surface area (Å²) >= 11 is 0. The van der Waals surface area contributed by atoms with Gasteiger partial charge in [0.2, 0.25) is 0 Å². The van der Waals surface area contributed by atoms with Crippen LogP contribution >= 0.6 is 0 Å². The minimum absolute atomic E-state index is 0.0381. The third-order valence-corrected chi connectivity index (χ3v) is 3.42. The van der Waals surface area contributed by atoms with E-state index in [1.54, 1.807) is 28.9 Å². The summed E-state index contributed by atoms with van der Waals surface area (Å²) in [6, 6.07) is 1.83. The van der Waals surface area contributed by atoms with Crippen molar-refractivity contribution in [2.75, 3.05) is 6.54 Å². The van der Waals surface area contributed by atoms with E-state index in [1.165, 1.54) is 0 Å². The van der Waals surface area contributed by atoms with Crippen LogP contribution in [0.5, 0.6) is 0 Å². The highest BCUT2D eigenvalue weighted by Crippen LogP contribution is 2.24. The fraction of sp³-hybridized carbons (Fsp3) is 0.583. The van der Waals surface area contributed by atoms with Gasteiger partial charge in [-0.05, 0) is 18.9 Å². The first-order valence-electron chi connectivity index (χ1n) is 6.39. The van der Waals surface area contributed by atoms with Gasteiger partial charge in [0.05, 0.1) is 6.54 Å². The van der Waals surface area contributed by atoms with E-state index in [2.05, 4.69) is 10.3 Å². The topological polar surface area (TPSA) is 96.7 Å². The molecule has 1 aromatic heterocycles. The first kappa shape index (κ1) is 13.4. The van der Waals surface area contributed by atoms with Crippen LogP contribution in [-0.2, 0) is 7.05 Å². The van der Waals surface area contributed by atoms with Gasteiger partial charge in [-0.1, -0.05) is 18.0 Å². The first-order chi connectivity index (χ1) is 9.11. The van der Waals surface area contributed by atoms with Gasteiger partial charge in [0.15, 0.2) is 5.84 Å². The zero-order chi connectivity index (χ0) is 13.8. The molecule has 0 radical (unpaired) electrons. The van der Waals surface area contributed by atoms with Crippen LogP contribution in [0.25, 0.3) is 0 Å². The Bertz CT molecular complexity index is 476. The summed E-state index contributed by atoms with van der Waals surface area (Å²) in [5.41, 5.74) is 5.93. The molecule has 104 valence electrons. The predicted molar refractivity (Wildman–Crippen MR) is 69.9 cm³/mol. The molecule has 0 saturated heterocycles. The van der Waals surface area contributed by atoms with Crippen molar-refractivity contribution in [1.29, 1.82) is 0 Å². The predicted octanol–water partition coefficient (Wildman–Crippen LogP) is 0.551. The van der Waals surface area contributed by atoms with Gasteiger partial charge in [0.1, 0.15) is 5.69 Å². The minimum Gasteiger partial charge on any atom is -0.409 e. The third-order valence-electron chi connectivity index (χ3n) is 3.42. The number of nitrogens with zero attached hydrogens (tertiary/aromatic N) is 4. The number of aryl methyl sites for hydroxylation is 1. The average Bonchev–Trinajstić information content (AvgIpc) is 3.05. The Morgan fingerprint density at radius 2 is 2.32 bits per heavy atom. The van der Waals surface area contributed by atoms with Crippen LogP contribution in [0.2, 0.25) is 0 Å². The van der Waals surface area contributed by atoms with E-state index >= 15 is 0 Å². The summed E-state index contributed by atoms with van der Waals surface area (Å²) in [7, 11) is 1.76. The molecular formula is C12H19N5O2. The molecule has 3 N–H and O–H groups in total. The van der Waals surface area contributed by atoms with Gasteiger partial charge < -0.3 is 15.8 Å². The lowest BCUT2D eigenvalue weighted by Gasteiger charge is -2.27. The quantitative estimate of drug-likeness (QED) is 0.359. The first-order valence-corrected chi connectivity index (χ1v) is 6.39. The van der Waals surface area contributed by atoms with Crippen LogP contribution in [-0.4, -0.2) is 44.2 Å². The van der Waals surface area contributed by atoms with E-state index in [-0.39, 0.29) is 24.3 Å². The molecule has 1 saturated carbocycles. The number of carbonyl (C=O) groups excluding carboxylic acids is 1. The molecule has 1 heterocycles. The smallest absolute Gasteiger partial charge is 0.275 e. The fourth-order valence-electron chi connectivity index (χ4n) is 2.47. The molecule has 0 unspecified atom stereocenters. The molecule has 7 heteroatoms. The lowest BCUT2D eigenvalue weighted by molar-refractivity contribution is 0.0705. The number of aromatic nitrogens is 2. The second kappa shape index (κ2) is 5.73. The van der Waals surface area contributed by atoms with Crippen molar-refractivity contribution in [2.24, 2.45) is 17.9 Å². The molecule has 0 atom stereocenters. The second-order valence-corrected chi connectivity index (χ2v) is 4.84. The number of amidine groups is 1. The molecule has 19 heavy (non-hydrogen) atoms. The van der Waals surface area contributed by atoms with E-state index < -0.39 is 0 Å². The molecule has 1 aromatic rings. The van der Waals surface area contributed by atoms with Gasteiger partial charge in [0.25, 0.3) is 5.91 Å². The van der Waals surface area contributed by atoms with Gasteiger partial charge in [-0.2, -0.15) is 5.10 Å². The Hall–Kier alpha value is -2.05. The number of oxime groups is 1. The van der Waals surface area contributed by atoms with E-state index in [4.69, 9.17) is 10.9 Å². The van der Waals surface area contributed by atoms with Crippen LogP contribution in [0.15, 0.2) is 17.4 Å². The Morgan fingerprint density at radius 1 is 1.63 bits per heavy atom. The molecule has 1 amide bonds. The molecule has 7 nitrogen and oxygen atoms in total. The van der Waals surface area contributed by atoms with E-state index in [0.717, 1.165) is 25.7 Å². The van der Waals surface area contributed by atoms with E-state index in [9.17, 15) is 4.79 Å². The van der Waals surface area contributed by atoms with Crippen LogP contribution in [0.3, 0.4) is 0 Å². The van der Waals surface area contributed by atoms with Crippen molar-refractivity contribution in [3.63, 3.8) is 0 Å². The number of hydrogen-bond donors (Lipinski definition) is 2. The minimum atomic E-state index is -0.167. The van der Waals surface area contributed by atoms with Crippen molar-refractivity contribution in [1.82, 2.24) is 14.7 Å². The van der Waals surface area contributed by atoms with Gasteiger partial charge in [0, 0.05) is 19.3 Å². The molecular weight excluding hydrogens is 246 g/mol. The van der Waals surface area contributed by atoms with Gasteiger partial charge in [-0.3, -0.25) is 9.48 Å². The molecule has 2 rings (SSSR count). The number of rotatable bonds is 4. The van der Waals surface area contributed by atoms with Crippen molar-refractivity contribution < 1.29 is 10.0 Å². The maximum absolute atomic E-state index is 12.5. The van der Waals surface area contributed by atoms with E-state index in [0.29, 0.717) is 5.69 Å². The monoisotopic (exact) mass is 265 g/mol. The van der Waals surface area contributed by atoms with Crippen LogP contribution in [0, 0.1) is 0 Å². The average molecular weight is 265 g/mol. The Labute approximate surface area is 111 Å². The summed E-state index contributed by atoms with van der Waals surface area (Å²) in [5.74, 6) is -0.129. The summed E-state index contributed by atoms with van der Waals surface area (Å²) < 4.78 is 1.59. The Morgan fingerprint density at radius 3 is 2.84 bits per heavy atom. The maximum Gasteiger partial charge on any atom is 0.275 e. The van der Waals surface area contributed by atoms with Crippen molar-refractivity contribution in [3.05, 3.63) is 18.0 Å². The largest absolute Gasteiger partial charge is 0.409 e. The number of carbonyl (C=O) groups is 1. The third kappa shape index (κ3) is 3.04. The summed E-state index contributed by atoms with van der Waals surface area (Å²) in [6.45, 7) is 0.135. The Kier molecular flexibility index (Phi) is 4.03. The summed E-state index contributed by atoms with van der Waals surface area (Å²) in [6.07, 6.45) is 5.85. The van der Waals surface area contributed by atoms with E-state index in [1.807, 2.05) is 0 Å². The zero-order valence-corrected chi connectivity index (χ0v) is 11.0. The van der Waals surface area contributed by atoms with Crippen molar-refractivity contribution in [2.45, 2.75) is 31.7 Å². The standard InChI is InChI=1S/C12H19N5O2/c1-16-7-6-10(14-16)12(18)17(8-11(13)15-19)9-4-2-3-5-9/h6-7,9,19H,2-5,8H2,1H3,(H2,13,15). The molecule has 0 bridgehead atoms. The molecule has 0 aliphatic heterocycles. The maximum atomic E-state index is 12.5. The van der Waals surface area contributed by atoms with Crippen molar-refractivity contribution in [3.8, 4) is 0 Å². The fourth-order valence-corrected chi connectivity index (χ4v) is 2.47. The van der Waals surface area contributed by atoms with Gasteiger partial charge in [-0.25, -0.2) is 0 Å². The number of nitrogens with two attached hydrogens (primary N) is 1. The van der Waals surface area contributed by atoms with Crippen LogP contribution in [0.1, 0.15) is 36.2 Å². The zero-order valence-electron chi connectivity index (χ0n) is 11.0. The lowest BCUT2D eigenvalue weighted by atomic mass is 10.2. The normalized spacial score (nSPS) is 16.8. The Balaban J connectivity index is 2.18. The molecule has 1 aliphatic rings. The SMILES string of the molecule is Cn1ccc(C(=O)N(C/C(N)=N/O)C2CCCC2)n1. The highest BCUT2D eigenvalue weighted by atomic mass is 16.4. The number of hydrogen-bond acceptors (Lipinski definition) is 4. The van der Waals surface area contributed by atoms with Crippen LogP contribution < -0.4 is 5.73 Å². The van der Waals surface area contributed by atoms with Gasteiger partial charge >= 0.3 is 0 Å². The van der Waals surface area contributed by atoms with Gasteiger partial charge in [-0.15, -0.1) is 0 Å². The van der Waals surface area contributed by atoms with Crippen LogP contribution in [0.4, 0.5) is 0 Å². The molecule has 0 aromatic carbocycles. The highest BCUT2D eigenvalue weighted by molar-refractivity contribution is 5.95. The van der Waals surface area contributed by atoms with Crippen molar-refractivity contribution >= 4 is 11.7 Å². The highest BCUT2D eigenvalue weighted by Gasteiger charge is 2.29. The summed E-state index contributed by atoms with van der Waals surface area (Å²) in [4.78, 5) is 14.1. The summed E-state index contributed by atoms with van der Waals surface area (Å²) in [5, 5.41) is 15.8. The second-order valence-electron chi connectivity index (χ2n) is 4.84.